The van der Waals surface area contributed by atoms with Gasteiger partial charge in [0.1, 0.15) is 11.3 Å². The lowest BCUT2D eigenvalue weighted by atomic mass is 9.75. The number of aromatic nitrogens is 6. The Labute approximate surface area is 246 Å². The summed E-state index contributed by atoms with van der Waals surface area (Å²) in [6.45, 7) is 5.58. The van der Waals surface area contributed by atoms with Gasteiger partial charge in [-0.25, -0.2) is 19.7 Å². The normalized spacial score (nSPS) is 25.8. The monoisotopic (exact) mass is 569 g/mol. The lowest BCUT2D eigenvalue weighted by Crippen LogP contribution is -2.31. The smallest absolute Gasteiger partial charge is 0.365 e. The molecule has 0 spiro atoms. The maximum absolute atomic E-state index is 11.8. The maximum Gasteiger partial charge on any atom is 0.439 e. The molecule has 4 aromatic rings. The van der Waals surface area contributed by atoms with Crippen LogP contribution in [0.2, 0.25) is 0 Å². The van der Waals surface area contributed by atoms with Crippen molar-refractivity contribution in [2.24, 2.45) is 17.8 Å². The summed E-state index contributed by atoms with van der Waals surface area (Å²) in [6.07, 6.45) is 13.5. The molecule has 2 N–H and O–H groups in total. The molecule has 0 saturated heterocycles. The van der Waals surface area contributed by atoms with Gasteiger partial charge in [-0.2, -0.15) is 0 Å². The third-order valence-corrected chi connectivity index (χ3v) is 10.4. The highest BCUT2D eigenvalue weighted by atomic mass is 16.5. The van der Waals surface area contributed by atoms with Crippen LogP contribution in [0.25, 0.3) is 22.8 Å². The van der Waals surface area contributed by atoms with Crippen molar-refractivity contribution in [2.75, 3.05) is 5.32 Å². The third-order valence-electron chi connectivity index (χ3n) is 10.4. The van der Waals surface area contributed by atoms with Gasteiger partial charge in [0.15, 0.2) is 11.5 Å². The molecule has 0 radical (unpaired) electrons. The topological polar surface area (TPSA) is 115 Å². The molecule has 42 heavy (non-hydrogen) atoms. The van der Waals surface area contributed by atoms with E-state index in [-0.39, 0.29) is 11.9 Å². The van der Waals surface area contributed by atoms with Crippen LogP contribution in [0.4, 0.5) is 5.82 Å². The molecule has 9 heteroatoms. The Balaban J connectivity index is 1.38. The van der Waals surface area contributed by atoms with Crippen molar-refractivity contribution in [3.8, 4) is 11.6 Å². The molecule has 3 fully saturated rings. The van der Waals surface area contributed by atoms with Gasteiger partial charge in [-0.1, -0.05) is 74.5 Å². The fourth-order valence-electron chi connectivity index (χ4n) is 7.64. The molecule has 3 saturated carbocycles. The maximum atomic E-state index is 11.8. The van der Waals surface area contributed by atoms with Crippen molar-refractivity contribution in [3.63, 3.8) is 0 Å². The average molecular weight is 570 g/mol. The minimum absolute atomic E-state index is 0.235. The molecular weight excluding hydrogens is 526 g/mol. The molecular formula is C33H43N7O2. The quantitative estimate of drug-likeness (QED) is 0.234. The van der Waals surface area contributed by atoms with Crippen LogP contribution in [0, 0.1) is 17.8 Å². The zero-order valence-corrected chi connectivity index (χ0v) is 24.9. The van der Waals surface area contributed by atoms with Crippen LogP contribution < -0.4 is 11.1 Å². The number of fused-ring (bicyclic) bond motifs is 1. The van der Waals surface area contributed by atoms with E-state index in [0.29, 0.717) is 35.1 Å². The Morgan fingerprint density at radius 3 is 2.40 bits per heavy atom. The second kappa shape index (κ2) is 11.7. The van der Waals surface area contributed by atoms with E-state index in [1.165, 1.54) is 69.8 Å². The number of hydrogen-bond acceptors (Lipinski definition) is 7. The minimum atomic E-state index is -0.614. The highest BCUT2D eigenvalue weighted by Gasteiger charge is 2.35. The summed E-state index contributed by atoms with van der Waals surface area (Å²) in [7, 11) is 0. The molecule has 3 atom stereocenters. The molecule has 3 heterocycles. The SMILES string of the molecule is C[C@@H](Nc1nc(-c2noc(=O)[nH]2)nc2nc(C3CCCCC3c3ccccc3)n(C[C@H]3CC[C@H](C)CC3)c12)C1CCC1. The van der Waals surface area contributed by atoms with Crippen LogP contribution in [0.1, 0.15) is 108 Å². The van der Waals surface area contributed by atoms with E-state index < -0.39 is 5.76 Å². The van der Waals surface area contributed by atoms with E-state index >= 15 is 0 Å². The van der Waals surface area contributed by atoms with Crippen molar-refractivity contribution in [2.45, 2.75) is 109 Å². The van der Waals surface area contributed by atoms with Gasteiger partial charge in [-0.3, -0.25) is 9.51 Å². The molecule has 222 valence electrons. The summed E-state index contributed by atoms with van der Waals surface area (Å²) in [4.78, 5) is 29.7. The first-order valence-corrected chi connectivity index (χ1v) is 16.2. The van der Waals surface area contributed by atoms with Crippen molar-refractivity contribution < 1.29 is 4.52 Å². The summed E-state index contributed by atoms with van der Waals surface area (Å²) in [5.41, 5.74) is 3.06. The van der Waals surface area contributed by atoms with Crippen LogP contribution in [0.3, 0.4) is 0 Å². The Hall–Kier alpha value is -3.49. The number of nitrogens with zero attached hydrogens (tertiary/aromatic N) is 5. The molecule has 3 aliphatic carbocycles. The lowest BCUT2D eigenvalue weighted by molar-refractivity contribution is 0.260. The number of benzene rings is 1. The summed E-state index contributed by atoms with van der Waals surface area (Å²) < 4.78 is 7.32. The van der Waals surface area contributed by atoms with Crippen LogP contribution in [-0.2, 0) is 6.54 Å². The average Bonchev–Trinajstić information content (AvgIpc) is 3.57. The largest absolute Gasteiger partial charge is 0.439 e. The first-order valence-electron chi connectivity index (χ1n) is 16.2. The lowest BCUT2D eigenvalue weighted by Gasteiger charge is -2.34. The fourth-order valence-corrected chi connectivity index (χ4v) is 7.64. The molecule has 3 aromatic heterocycles. The van der Waals surface area contributed by atoms with Crippen molar-refractivity contribution in [1.82, 2.24) is 29.7 Å². The van der Waals surface area contributed by atoms with E-state index in [2.05, 4.69) is 64.2 Å². The summed E-state index contributed by atoms with van der Waals surface area (Å²) in [5, 5.41) is 7.70. The predicted octanol–water partition coefficient (Wildman–Crippen LogP) is 7.04. The summed E-state index contributed by atoms with van der Waals surface area (Å²) in [5.74, 6) is 4.65. The van der Waals surface area contributed by atoms with Gasteiger partial charge in [-0.15, -0.1) is 0 Å². The molecule has 3 aliphatic rings. The first kappa shape index (κ1) is 27.3. The Bertz CT molecular complexity index is 1560. The Kier molecular flexibility index (Phi) is 7.59. The van der Waals surface area contributed by atoms with Crippen LogP contribution in [-0.4, -0.2) is 35.7 Å². The van der Waals surface area contributed by atoms with Gasteiger partial charge in [0.2, 0.25) is 11.6 Å². The van der Waals surface area contributed by atoms with E-state index in [1.54, 1.807) is 0 Å². The second-order valence-corrected chi connectivity index (χ2v) is 13.3. The predicted molar refractivity (Wildman–Crippen MR) is 163 cm³/mol. The first-order chi connectivity index (χ1) is 20.5. The third kappa shape index (κ3) is 5.38. The van der Waals surface area contributed by atoms with Crippen molar-refractivity contribution in [3.05, 3.63) is 52.3 Å². The standard InChI is InChI=1S/C33H43N7O2/c1-20-15-17-22(18-16-20)19-40-27-28(34-21(2)23-11-8-12-23)35-30(31-38-33(41)42-39-31)36-29(27)37-32(40)26-14-7-6-13-25(26)24-9-4-3-5-10-24/h3-5,9-10,20-23,25-26H,6-8,11-19H2,1-2H3,(H,34,35,36)(H,38,39,41)/t20-,21-,22-,25?,26?/m1/s1. The van der Waals surface area contributed by atoms with E-state index in [1.807, 2.05) is 0 Å². The molecule has 1 aromatic carbocycles. The van der Waals surface area contributed by atoms with Crippen molar-refractivity contribution >= 4 is 17.0 Å². The fraction of sp³-hybridized carbons (Fsp3) is 0.606. The number of nitrogens with one attached hydrogen (secondary N) is 2. The molecule has 0 aliphatic heterocycles. The molecule has 0 bridgehead atoms. The van der Waals surface area contributed by atoms with Gasteiger partial charge in [0.05, 0.1) is 0 Å². The number of rotatable bonds is 8. The Morgan fingerprint density at radius 1 is 0.952 bits per heavy atom. The molecule has 2 unspecified atom stereocenters. The minimum Gasteiger partial charge on any atom is -0.365 e. The molecule has 0 amide bonds. The molecule has 7 rings (SSSR count). The zero-order chi connectivity index (χ0) is 28.6. The summed E-state index contributed by atoms with van der Waals surface area (Å²) >= 11 is 0. The van der Waals surface area contributed by atoms with Gasteiger partial charge in [0.25, 0.3) is 0 Å². The highest BCUT2D eigenvalue weighted by Crippen LogP contribution is 2.45. The van der Waals surface area contributed by atoms with E-state index in [0.717, 1.165) is 36.0 Å². The number of imidazole rings is 1. The number of anilines is 1. The highest BCUT2D eigenvalue weighted by molar-refractivity contribution is 5.86. The van der Waals surface area contributed by atoms with E-state index in [9.17, 15) is 4.79 Å². The number of H-pyrrole nitrogens is 1. The number of hydrogen-bond donors (Lipinski definition) is 2. The number of aromatic amines is 1. The molecule has 9 nitrogen and oxygen atoms in total. The van der Waals surface area contributed by atoms with E-state index in [4.69, 9.17) is 19.5 Å². The van der Waals surface area contributed by atoms with Gasteiger partial charge >= 0.3 is 5.76 Å². The van der Waals surface area contributed by atoms with Gasteiger partial charge in [-0.05, 0) is 74.7 Å². The summed E-state index contributed by atoms with van der Waals surface area (Å²) in [6, 6.07) is 11.3. The van der Waals surface area contributed by atoms with Crippen molar-refractivity contribution in [1.29, 1.82) is 0 Å². The van der Waals surface area contributed by atoms with Gasteiger partial charge in [0, 0.05) is 18.5 Å². The Morgan fingerprint density at radius 2 is 1.71 bits per heavy atom. The van der Waals surface area contributed by atoms with Crippen LogP contribution >= 0.6 is 0 Å². The van der Waals surface area contributed by atoms with Crippen LogP contribution in [0.15, 0.2) is 39.6 Å². The van der Waals surface area contributed by atoms with Crippen LogP contribution in [0.5, 0.6) is 0 Å². The zero-order valence-electron chi connectivity index (χ0n) is 24.9. The second-order valence-electron chi connectivity index (χ2n) is 13.3. The van der Waals surface area contributed by atoms with Gasteiger partial charge < -0.3 is 9.88 Å².